The zero-order valence-corrected chi connectivity index (χ0v) is 9.37. The van der Waals surface area contributed by atoms with Crippen molar-refractivity contribution >= 4 is 7.41 Å². The zero-order chi connectivity index (χ0) is 10.6. The molecule has 1 aromatic rings. The van der Waals surface area contributed by atoms with E-state index >= 15 is 0 Å². The first-order chi connectivity index (χ1) is 6.67. The van der Waals surface area contributed by atoms with Crippen LogP contribution in [0.1, 0.15) is 11.1 Å². The highest BCUT2D eigenvalue weighted by atomic mass is 16.5. The van der Waals surface area contributed by atoms with Crippen molar-refractivity contribution in [3.63, 3.8) is 0 Å². The number of aryl methyl sites for hydroxylation is 1. The van der Waals surface area contributed by atoms with Crippen LogP contribution in [0.3, 0.4) is 0 Å². The van der Waals surface area contributed by atoms with Gasteiger partial charge in [-0.15, -0.1) is 0 Å². The standard InChI is InChI=1S/C11H17BNO/c1-9-5-6-11(14-4)10(7-9)8-13(3)12-2/h5-7H,8H2,1-4H3. The van der Waals surface area contributed by atoms with E-state index in [4.69, 9.17) is 4.74 Å². The van der Waals surface area contributed by atoms with Gasteiger partial charge in [-0.25, -0.2) is 0 Å². The Morgan fingerprint density at radius 1 is 1.43 bits per heavy atom. The first kappa shape index (κ1) is 11.1. The minimum Gasteiger partial charge on any atom is -0.496 e. The first-order valence-electron chi connectivity index (χ1n) is 4.80. The molecule has 2 nitrogen and oxygen atoms in total. The molecule has 1 aromatic carbocycles. The fourth-order valence-corrected chi connectivity index (χ4v) is 1.39. The van der Waals surface area contributed by atoms with Gasteiger partial charge in [-0.05, 0) is 20.0 Å². The number of hydrogen-bond donors (Lipinski definition) is 0. The molecule has 0 N–H and O–H groups in total. The van der Waals surface area contributed by atoms with E-state index in [9.17, 15) is 0 Å². The van der Waals surface area contributed by atoms with Gasteiger partial charge in [-0.3, -0.25) is 0 Å². The highest BCUT2D eigenvalue weighted by Crippen LogP contribution is 2.20. The highest BCUT2D eigenvalue weighted by molar-refractivity contribution is 6.29. The van der Waals surface area contributed by atoms with Gasteiger partial charge in [0, 0.05) is 12.1 Å². The Kier molecular flexibility index (Phi) is 4.02. The molecule has 0 fully saturated rings. The van der Waals surface area contributed by atoms with Crippen molar-refractivity contribution in [2.45, 2.75) is 20.3 Å². The summed E-state index contributed by atoms with van der Waals surface area (Å²) >= 11 is 0. The second-order valence-electron chi connectivity index (χ2n) is 3.49. The summed E-state index contributed by atoms with van der Waals surface area (Å²) in [6, 6.07) is 6.25. The maximum absolute atomic E-state index is 5.31. The van der Waals surface area contributed by atoms with Gasteiger partial charge < -0.3 is 9.55 Å². The van der Waals surface area contributed by atoms with Crippen LogP contribution in [0.2, 0.25) is 6.82 Å². The number of nitrogens with zero attached hydrogens (tertiary/aromatic N) is 1. The van der Waals surface area contributed by atoms with Crippen LogP contribution < -0.4 is 4.74 Å². The topological polar surface area (TPSA) is 12.5 Å². The van der Waals surface area contributed by atoms with Crippen molar-refractivity contribution < 1.29 is 4.74 Å². The maximum atomic E-state index is 5.31. The number of hydrogen-bond acceptors (Lipinski definition) is 2. The van der Waals surface area contributed by atoms with E-state index in [1.807, 2.05) is 12.9 Å². The van der Waals surface area contributed by atoms with Gasteiger partial charge in [0.05, 0.1) is 7.11 Å². The van der Waals surface area contributed by atoms with Crippen molar-refractivity contribution in [2.75, 3.05) is 14.2 Å². The Balaban J connectivity index is 2.87. The third kappa shape index (κ3) is 2.77. The quantitative estimate of drug-likeness (QED) is 0.674. The smallest absolute Gasteiger partial charge is 0.205 e. The van der Waals surface area contributed by atoms with E-state index in [1.165, 1.54) is 11.1 Å². The lowest BCUT2D eigenvalue weighted by molar-refractivity contribution is 0.401. The molecule has 0 aliphatic carbocycles. The van der Waals surface area contributed by atoms with Gasteiger partial charge in [-0.2, -0.15) is 0 Å². The van der Waals surface area contributed by atoms with Crippen molar-refractivity contribution in [3.05, 3.63) is 29.3 Å². The van der Waals surface area contributed by atoms with Crippen LogP contribution in [0, 0.1) is 6.92 Å². The zero-order valence-electron chi connectivity index (χ0n) is 9.37. The Morgan fingerprint density at radius 2 is 2.14 bits per heavy atom. The lowest BCUT2D eigenvalue weighted by atomic mass is 9.95. The van der Waals surface area contributed by atoms with Crippen molar-refractivity contribution in [1.29, 1.82) is 0 Å². The van der Waals surface area contributed by atoms with Crippen LogP contribution >= 0.6 is 0 Å². The molecule has 3 heteroatoms. The van der Waals surface area contributed by atoms with Crippen molar-refractivity contribution in [2.24, 2.45) is 0 Å². The van der Waals surface area contributed by atoms with Crippen LogP contribution in [-0.4, -0.2) is 26.4 Å². The molecule has 0 amide bonds. The molecule has 0 aromatic heterocycles. The summed E-state index contributed by atoms with van der Waals surface area (Å²) in [6.45, 7) is 5.02. The molecular weight excluding hydrogens is 173 g/mol. The predicted octanol–water partition coefficient (Wildman–Crippen LogP) is 2.10. The summed E-state index contributed by atoms with van der Waals surface area (Å²) in [5.74, 6) is 0.962. The Hall–Kier alpha value is -0.955. The minimum absolute atomic E-state index is 0.890. The molecule has 1 radical (unpaired) electrons. The van der Waals surface area contributed by atoms with Gasteiger partial charge >= 0.3 is 0 Å². The maximum Gasteiger partial charge on any atom is 0.205 e. The molecular formula is C11H17BNO. The number of ether oxygens (including phenoxy) is 1. The minimum atomic E-state index is 0.890. The molecule has 0 atom stereocenters. The van der Waals surface area contributed by atoms with Crippen LogP contribution in [0.4, 0.5) is 0 Å². The largest absolute Gasteiger partial charge is 0.496 e. The Bertz CT molecular complexity index is 301. The molecule has 0 bridgehead atoms. The molecule has 14 heavy (non-hydrogen) atoms. The molecule has 0 unspecified atom stereocenters. The van der Waals surface area contributed by atoms with E-state index in [2.05, 4.69) is 38.3 Å². The average molecular weight is 190 g/mol. The van der Waals surface area contributed by atoms with E-state index in [-0.39, 0.29) is 0 Å². The van der Waals surface area contributed by atoms with E-state index in [1.54, 1.807) is 7.11 Å². The first-order valence-corrected chi connectivity index (χ1v) is 4.80. The monoisotopic (exact) mass is 190 g/mol. The van der Waals surface area contributed by atoms with E-state index in [0.29, 0.717) is 0 Å². The fraction of sp³-hybridized carbons (Fsp3) is 0.455. The van der Waals surface area contributed by atoms with Crippen molar-refractivity contribution in [1.82, 2.24) is 4.81 Å². The molecule has 75 valence electrons. The van der Waals surface area contributed by atoms with Gasteiger partial charge in [0.15, 0.2) is 0 Å². The summed E-state index contributed by atoms with van der Waals surface area (Å²) in [7, 11) is 5.83. The van der Waals surface area contributed by atoms with Crippen LogP contribution in [0.25, 0.3) is 0 Å². The number of benzene rings is 1. The Labute approximate surface area is 87.1 Å². The molecule has 0 aliphatic rings. The SMILES string of the molecule is C[B]N(C)Cc1cc(C)ccc1OC. The lowest BCUT2D eigenvalue weighted by Crippen LogP contribution is -2.20. The summed E-state index contributed by atoms with van der Waals surface area (Å²) < 4.78 is 5.31. The van der Waals surface area contributed by atoms with Gasteiger partial charge in [0.25, 0.3) is 0 Å². The summed E-state index contributed by atoms with van der Waals surface area (Å²) in [5, 5.41) is 0. The van der Waals surface area contributed by atoms with Gasteiger partial charge in [0.1, 0.15) is 5.75 Å². The second-order valence-corrected chi connectivity index (χ2v) is 3.49. The van der Waals surface area contributed by atoms with E-state index < -0.39 is 0 Å². The molecule has 1 rings (SSSR count). The normalized spacial score (nSPS) is 10.4. The van der Waals surface area contributed by atoms with E-state index in [0.717, 1.165) is 12.3 Å². The van der Waals surface area contributed by atoms with Gasteiger partial charge in [0.2, 0.25) is 7.41 Å². The number of rotatable bonds is 4. The van der Waals surface area contributed by atoms with Crippen LogP contribution in [0.15, 0.2) is 18.2 Å². The molecule has 0 saturated carbocycles. The summed E-state index contributed by atoms with van der Waals surface area (Å²) in [6.07, 6.45) is 0. The second kappa shape index (κ2) is 5.06. The summed E-state index contributed by atoms with van der Waals surface area (Å²) in [4.78, 5) is 2.14. The van der Waals surface area contributed by atoms with Crippen molar-refractivity contribution in [3.8, 4) is 5.75 Å². The summed E-state index contributed by atoms with van der Waals surface area (Å²) in [5.41, 5.74) is 2.50. The lowest BCUT2D eigenvalue weighted by Gasteiger charge is -2.16. The third-order valence-electron chi connectivity index (χ3n) is 2.30. The molecule has 0 heterocycles. The average Bonchev–Trinajstić information content (AvgIpc) is 2.18. The third-order valence-corrected chi connectivity index (χ3v) is 2.30. The van der Waals surface area contributed by atoms with Crippen LogP contribution in [0.5, 0.6) is 5.75 Å². The van der Waals surface area contributed by atoms with Crippen LogP contribution in [-0.2, 0) is 6.54 Å². The van der Waals surface area contributed by atoms with Gasteiger partial charge in [-0.1, -0.05) is 24.5 Å². The fourth-order valence-electron chi connectivity index (χ4n) is 1.39. The predicted molar refractivity (Wildman–Crippen MR) is 60.8 cm³/mol. The molecule has 0 spiro atoms. The molecule has 0 saturated heterocycles. The highest BCUT2D eigenvalue weighted by Gasteiger charge is 2.05. The number of methoxy groups -OCH3 is 1. The molecule has 0 aliphatic heterocycles. The Morgan fingerprint density at radius 3 is 2.71 bits per heavy atom.